The monoisotopic (exact) mass is 350 g/mol. The summed E-state index contributed by atoms with van der Waals surface area (Å²) < 4.78 is 7.91. The summed E-state index contributed by atoms with van der Waals surface area (Å²) in [4.78, 5) is 4.49. The van der Waals surface area contributed by atoms with Gasteiger partial charge in [0, 0.05) is 18.3 Å². The van der Waals surface area contributed by atoms with Crippen molar-refractivity contribution < 1.29 is 4.74 Å². The van der Waals surface area contributed by atoms with Gasteiger partial charge in [-0.15, -0.1) is 0 Å². The van der Waals surface area contributed by atoms with Gasteiger partial charge in [0.15, 0.2) is 0 Å². The summed E-state index contributed by atoms with van der Waals surface area (Å²) in [6.07, 6.45) is 3.90. The Morgan fingerprint density at radius 3 is 2.30 bits per heavy atom. The SMILES string of the molecule is [B]c1ccc(-c2cn(Cc3ccc(OCc4ccccc4)cc3)cn2)cc1. The van der Waals surface area contributed by atoms with Crippen LogP contribution in [-0.2, 0) is 13.2 Å². The molecule has 0 aliphatic carbocycles. The Morgan fingerprint density at radius 2 is 1.56 bits per heavy atom. The van der Waals surface area contributed by atoms with Crippen molar-refractivity contribution in [3.05, 3.63) is 103 Å². The number of nitrogens with zero attached hydrogens (tertiary/aromatic N) is 2. The van der Waals surface area contributed by atoms with Crippen LogP contribution in [0.5, 0.6) is 5.75 Å². The lowest BCUT2D eigenvalue weighted by Gasteiger charge is -2.08. The van der Waals surface area contributed by atoms with Crippen molar-refractivity contribution in [1.29, 1.82) is 0 Å². The van der Waals surface area contributed by atoms with E-state index in [1.54, 1.807) is 0 Å². The smallest absolute Gasteiger partial charge is 0.119 e. The molecule has 0 bridgehead atoms. The van der Waals surface area contributed by atoms with E-state index >= 15 is 0 Å². The first-order valence-corrected chi connectivity index (χ1v) is 8.90. The number of aromatic nitrogens is 2. The first-order chi connectivity index (χ1) is 13.3. The van der Waals surface area contributed by atoms with Gasteiger partial charge in [-0.1, -0.05) is 72.2 Å². The number of hydrogen-bond acceptors (Lipinski definition) is 2. The van der Waals surface area contributed by atoms with Gasteiger partial charge in [0.1, 0.15) is 20.2 Å². The van der Waals surface area contributed by atoms with Gasteiger partial charge in [0.05, 0.1) is 12.0 Å². The van der Waals surface area contributed by atoms with Crippen LogP contribution in [0.1, 0.15) is 11.1 Å². The molecule has 3 aromatic carbocycles. The third-order valence-corrected chi connectivity index (χ3v) is 4.38. The predicted molar refractivity (Wildman–Crippen MR) is 109 cm³/mol. The highest BCUT2D eigenvalue weighted by Crippen LogP contribution is 2.18. The molecule has 2 radical (unpaired) electrons. The maximum Gasteiger partial charge on any atom is 0.119 e. The van der Waals surface area contributed by atoms with E-state index in [1.165, 1.54) is 5.56 Å². The van der Waals surface area contributed by atoms with Gasteiger partial charge in [0.2, 0.25) is 0 Å². The van der Waals surface area contributed by atoms with E-state index in [9.17, 15) is 0 Å². The first-order valence-electron chi connectivity index (χ1n) is 8.90. The highest BCUT2D eigenvalue weighted by Gasteiger charge is 2.03. The molecule has 1 aromatic heterocycles. The maximum absolute atomic E-state index is 5.84. The second kappa shape index (κ2) is 7.96. The largest absolute Gasteiger partial charge is 0.489 e. The van der Waals surface area contributed by atoms with Crippen molar-refractivity contribution in [1.82, 2.24) is 9.55 Å². The van der Waals surface area contributed by atoms with Gasteiger partial charge < -0.3 is 9.30 Å². The second-order valence-corrected chi connectivity index (χ2v) is 6.47. The summed E-state index contributed by atoms with van der Waals surface area (Å²) in [5.74, 6) is 0.871. The summed E-state index contributed by atoms with van der Waals surface area (Å²) in [7, 11) is 5.74. The fourth-order valence-corrected chi connectivity index (χ4v) is 2.89. The van der Waals surface area contributed by atoms with Gasteiger partial charge in [-0.25, -0.2) is 4.98 Å². The highest BCUT2D eigenvalue weighted by molar-refractivity contribution is 6.32. The Balaban J connectivity index is 1.38. The van der Waals surface area contributed by atoms with Gasteiger partial charge in [-0.3, -0.25) is 0 Å². The fourth-order valence-electron chi connectivity index (χ4n) is 2.89. The molecule has 0 fully saturated rings. The summed E-state index contributed by atoms with van der Waals surface area (Å²) in [5.41, 5.74) is 5.12. The summed E-state index contributed by atoms with van der Waals surface area (Å²) in [6, 6.07) is 26.1. The number of ether oxygens (including phenoxy) is 1. The number of benzene rings is 3. The molecule has 0 N–H and O–H groups in total. The van der Waals surface area contributed by atoms with Crippen LogP contribution in [0.4, 0.5) is 0 Å². The van der Waals surface area contributed by atoms with Crippen LogP contribution in [0.3, 0.4) is 0 Å². The molecule has 0 atom stereocenters. The van der Waals surface area contributed by atoms with Gasteiger partial charge in [-0.05, 0) is 23.3 Å². The average Bonchev–Trinajstić information content (AvgIpc) is 3.17. The molecule has 0 spiro atoms. The van der Waals surface area contributed by atoms with E-state index in [2.05, 4.69) is 33.8 Å². The average molecular weight is 350 g/mol. The molecule has 130 valence electrons. The zero-order valence-electron chi connectivity index (χ0n) is 15.0. The van der Waals surface area contributed by atoms with E-state index in [-0.39, 0.29) is 0 Å². The Labute approximate surface area is 160 Å². The van der Waals surface area contributed by atoms with Crippen LogP contribution in [0.2, 0.25) is 0 Å². The van der Waals surface area contributed by atoms with Crippen LogP contribution in [0.15, 0.2) is 91.4 Å². The van der Waals surface area contributed by atoms with Crippen LogP contribution >= 0.6 is 0 Å². The zero-order chi connectivity index (χ0) is 18.5. The van der Waals surface area contributed by atoms with Gasteiger partial charge >= 0.3 is 0 Å². The van der Waals surface area contributed by atoms with Crippen molar-refractivity contribution in [2.45, 2.75) is 13.2 Å². The number of hydrogen-bond donors (Lipinski definition) is 0. The molecule has 0 saturated carbocycles. The minimum absolute atomic E-state index is 0.576. The molecule has 27 heavy (non-hydrogen) atoms. The molecule has 3 nitrogen and oxygen atoms in total. The third-order valence-electron chi connectivity index (χ3n) is 4.38. The summed E-state index contributed by atoms with van der Waals surface area (Å²) in [6.45, 7) is 1.34. The molecule has 4 aromatic rings. The molecule has 0 aliphatic heterocycles. The number of imidazole rings is 1. The Kier molecular flexibility index (Phi) is 5.06. The van der Waals surface area contributed by atoms with Crippen LogP contribution in [0, 0.1) is 0 Å². The molecular formula is C23H19BN2O. The van der Waals surface area contributed by atoms with E-state index in [1.807, 2.05) is 67.1 Å². The predicted octanol–water partition coefficient (Wildman–Crippen LogP) is 3.97. The Hall–Kier alpha value is -3.27. The minimum atomic E-state index is 0.576. The molecule has 1 heterocycles. The quantitative estimate of drug-likeness (QED) is 0.492. The van der Waals surface area contributed by atoms with Crippen molar-refractivity contribution in [3.63, 3.8) is 0 Å². The van der Waals surface area contributed by atoms with E-state index < -0.39 is 0 Å². The highest BCUT2D eigenvalue weighted by atomic mass is 16.5. The van der Waals surface area contributed by atoms with Crippen molar-refractivity contribution in [2.75, 3.05) is 0 Å². The topological polar surface area (TPSA) is 27.1 Å². The van der Waals surface area contributed by atoms with E-state index in [0.717, 1.165) is 34.6 Å². The third kappa shape index (κ3) is 4.48. The summed E-state index contributed by atoms with van der Waals surface area (Å²) in [5, 5.41) is 0. The van der Waals surface area contributed by atoms with E-state index in [0.29, 0.717) is 6.61 Å². The lowest BCUT2D eigenvalue weighted by Crippen LogP contribution is -1.99. The lowest BCUT2D eigenvalue weighted by molar-refractivity contribution is 0.306. The fraction of sp³-hybridized carbons (Fsp3) is 0.0870. The Morgan fingerprint density at radius 1 is 0.815 bits per heavy atom. The van der Waals surface area contributed by atoms with Crippen molar-refractivity contribution >= 4 is 13.3 Å². The molecule has 0 aliphatic rings. The van der Waals surface area contributed by atoms with Crippen molar-refractivity contribution in [2.24, 2.45) is 0 Å². The molecule has 4 rings (SSSR count). The summed E-state index contributed by atoms with van der Waals surface area (Å²) >= 11 is 0. The molecule has 4 heteroatoms. The standard InChI is InChI=1S/C23H19BN2O/c24-21-10-8-20(9-11-21)23-15-26(17-25-23)14-18-6-12-22(13-7-18)27-16-19-4-2-1-3-5-19/h1-13,15,17H,14,16H2. The zero-order valence-corrected chi connectivity index (χ0v) is 15.0. The van der Waals surface area contributed by atoms with Crippen LogP contribution < -0.4 is 10.2 Å². The lowest BCUT2D eigenvalue weighted by atomic mass is 9.95. The number of rotatable bonds is 6. The van der Waals surface area contributed by atoms with Gasteiger partial charge in [0.25, 0.3) is 0 Å². The normalized spacial score (nSPS) is 10.7. The van der Waals surface area contributed by atoms with Crippen molar-refractivity contribution in [3.8, 4) is 17.0 Å². The van der Waals surface area contributed by atoms with Gasteiger partial charge in [-0.2, -0.15) is 0 Å². The van der Waals surface area contributed by atoms with Crippen LogP contribution in [0.25, 0.3) is 11.3 Å². The van der Waals surface area contributed by atoms with Crippen LogP contribution in [-0.4, -0.2) is 17.4 Å². The molecular weight excluding hydrogens is 331 g/mol. The first kappa shape index (κ1) is 17.2. The maximum atomic E-state index is 5.84. The molecule has 0 unspecified atom stereocenters. The van der Waals surface area contributed by atoms with E-state index in [4.69, 9.17) is 12.6 Å². The molecule has 0 saturated heterocycles. The Bertz CT molecular complexity index is 993. The molecule has 0 amide bonds. The second-order valence-electron chi connectivity index (χ2n) is 6.47. The minimum Gasteiger partial charge on any atom is -0.489 e.